The van der Waals surface area contributed by atoms with Crippen molar-refractivity contribution in [1.29, 1.82) is 0 Å². The molecule has 2 N–H and O–H groups in total. The van der Waals surface area contributed by atoms with Crippen molar-refractivity contribution >= 4 is 0 Å². The Balaban J connectivity index is 1.57. The van der Waals surface area contributed by atoms with Gasteiger partial charge < -0.3 is 10.4 Å². The molecule has 0 saturated carbocycles. The molecule has 0 aliphatic carbocycles. The van der Waals surface area contributed by atoms with Crippen molar-refractivity contribution in [3.8, 4) is 11.8 Å². The highest BCUT2D eigenvalue weighted by molar-refractivity contribution is 5.36. The number of rotatable bonds is 2. The lowest BCUT2D eigenvalue weighted by molar-refractivity contribution is 0.194. The van der Waals surface area contributed by atoms with Crippen LogP contribution in [0, 0.1) is 17.3 Å². The first-order chi connectivity index (χ1) is 10.3. The number of likely N-dealkylation sites (tertiary alicyclic amines) is 1. The zero-order chi connectivity index (χ0) is 14.5. The molecule has 1 aromatic carbocycles. The fraction of sp³-hybridized carbons (Fsp3) is 0.556. The lowest BCUT2D eigenvalue weighted by Crippen LogP contribution is -2.38. The van der Waals surface area contributed by atoms with Crippen LogP contribution in [0.25, 0.3) is 0 Å². The molecule has 0 unspecified atom stereocenters. The van der Waals surface area contributed by atoms with Crippen molar-refractivity contribution in [1.82, 2.24) is 10.2 Å². The predicted octanol–water partition coefficient (Wildman–Crippen LogP) is 1.61. The van der Waals surface area contributed by atoms with Gasteiger partial charge in [-0.2, -0.15) is 0 Å². The van der Waals surface area contributed by atoms with E-state index in [2.05, 4.69) is 34.2 Å². The van der Waals surface area contributed by atoms with E-state index in [9.17, 15) is 0 Å². The first-order valence-corrected chi connectivity index (χ1v) is 7.91. The molecule has 1 spiro atoms. The molecule has 0 bridgehead atoms. The Hall–Kier alpha value is -1.34. The minimum atomic E-state index is -0.0769. The van der Waals surface area contributed by atoms with E-state index in [0.717, 1.165) is 12.1 Å². The second kappa shape index (κ2) is 6.62. The van der Waals surface area contributed by atoms with E-state index in [1.54, 1.807) is 0 Å². The third-order valence-corrected chi connectivity index (χ3v) is 4.85. The van der Waals surface area contributed by atoms with Crippen LogP contribution >= 0.6 is 0 Å². The van der Waals surface area contributed by atoms with Crippen LogP contribution in [-0.2, 0) is 6.54 Å². The van der Waals surface area contributed by atoms with Gasteiger partial charge in [0.1, 0.15) is 6.61 Å². The molecule has 2 aliphatic rings. The van der Waals surface area contributed by atoms with Gasteiger partial charge in [0.05, 0.1) is 0 Å². The molecule has 2 saturated heterocycles. The molecule has 0 amide bonds. The third-order valence-electron chi connectivity index (χ3n) is 4.85. The lowest BCUT2D eigenvalue weighted by atomic mass is 9.78. The van der Waals surface area contributed by atoms with Gasteiger partial charge in [-0.25, -0.2) is 0 Å². The second-order valence-corrected chi connectivity index (χ2v) is 6.37. The average molecular weight is 284 g/mol. The van der Waals surface area contributed by atoms with Gasteiger partial charge >= 0.3 is 0 Å². The number of piperidine rings is 1. The van der Waals surface area contributed by atoms with Crippen LogP contribution in [0.15, 0.2) is 24.3 Å². The van der Waals surface area contributed by atoms with Crippen LogP contribution in [-0.4, -0.2) is 42.8 Å². The SMILES string of the molecule is OCC#Cc1ccc(CN2CCC3(CCNCC3)C2)cc1. The van der Waals surface area contributed by atoms with Gasteiger partial charge in [-0.1, -0.05) is 24.0 Å². The van der Waals surface area contributed by atoms with E-state index in [4.69, 9.17) is 5.11 Å². The van der Waals surface area contributed by atoms with Crippen LogP contribution in [0.2, 0.25) is 0 Å². The molecule has 3 nitrogen and oxygen atoms in total. The van der Waals surface area contributed by atoms with Gasteiger partial charge in [-0.15, -0.1) is 0 Å². The monoisotopic (exact) mass is 284 g/mol. The highest BCUT2D eigenvalue weighted by Crippen LogP contribution is 2.38. The highest BCUT2D eigenvalue weighted by atomic mass is 16.2. The zero-order valence-electron chi connectivity index (χ0n) is 12.6. The van der Waals surface area contributed by atoms with Gasteiger partial charge in [-0.05, 0) is 62.0 Å². The van der Waals surface area contributed by atoms with Crippen molar-refractivity contribution in [3.05, 3.63) is 35.4 Å². The molecule has 2 fully saturated rings. The molecule has 1 aromatic rings. The smallest absolute Gasteiger partial charge is 0.104 e. The van der Waals surface area contributed by atoms with E-state index in [-0.39, 0.29) is 6.61 Å². The largest absolute Gasteiger partial charge is 0.384 e. The normalized spacial score (nSPS) is 21.2. The van der Waals surface area contributed by atoms with Crippen molar-refractivity contribution in [2.45, 2.75) is 25.8 Å². The molecule has 3 rings (SSSR count). The molecule has 2 aliphatic heterocycles. The first kappa shape index (κ1) is 14.6. The molecule has 112 valence electrons. The first-order valence-electron chi connectivity index (χ1n) is 7.91. The fourth-order valence-electron chi connectivity index (χ4n) is 3.62. The van der Waals surface area contributed by atoms with E-state index < -0.39 is 0 Å². The van der Waals surface area contributed by atoms with Crippen LogP contribution in [0.4, 0.5) is 0 Å². The molecular formula is C18H24N2O. The Bertz CT molecular complexity index is 520. The Morgan fingerprint density at radius 1 is 1.14 bits per heavy atom. The van der Waals surface area contributed by atoms with Crippen LogP contribution in [0.5, 0.6) is 0 Å². The molecular weight excluding hydrogens is 260 g/mol. The summed E-state index contributed by atoms with van der Waals surface area (Å²) in [5, 5.41) is 12.2. The zero-order valence-corrected chi connectivity index (χ0v) is 12.6. The predicted molar refractivity (Wildman–Crippen MR) is 84.8 cm³/mol. The van der Waals surface area contributed by atoms with E-state index in [0.29, 0.717) is 5.41 Å². The van der Waals surface area contributed by atoms with Gasteiger partial charge in [0.25, 0.3) is 0 Å². The molecule has 0 radical (unpaired) electrons. The molecule has 3 heteroatoms. The molecule has 0 atom stereocenters. The summed E-state index contributed by atoms with van der Waals surface area (Å²) in [4.78, 5) is 2.60. The summed E-state index contributed by atoms with van der Waals surface area (Å²) < 4.78 is 0. The van der Waals surface area contributed by atoms with Gasteiger partial charge in [0, 0.05) is 18.7 Å². The summed E-state index contributed by atoms with van der Waals surface area (Å²) in [6, 6.07) is 8.42. The van der Waals surface area contributed by atoms with Gasteiger partial charge in [0.15, 0.2) is 0 Å². The Kier molecular flexibility index (Phi) is 4.60. The minimum absolute atomic E-state index is 0.0769. The minimum Gasteiger partial charge on any atom is -0.384 e. The van der Waals surface area contributed by atoms with Gasteiger partial charge in [0.2, 0.25) is 0 Å². The third kappa shape index (κ3) is 3.65. The summed E-state index contributed by atoms with van der Waals surface area (Å²) in [5.74, 6) is 5.63. The van der Waals surface area contributed by atoms with Crippen molar-refractivity contribution in [2.75, 3.05) is 32.8 Å². The number of nitrogens with zero attached hydrogens (tertiary/aromatic N) is 1. The van der Waals surface area contributed by atoms with E-state index in [1.165, 1.54) is 51.0 Å². The topological polar surface area (TPSA) is 35.5 Å². The summed E-state index contributed by atoms with van der Waals surface area (Å²) in [6.07, 6.45) is 4.02. The Labute approximate surface area is 127 Å². The van der Waals surface area contributed by atoms with Crippen molar-refractivity contribution in [2.24, 2.45) is 5.41 Å². The molecule has 21 heavy (non-hydrogen) atoms. The second-order valence-electron chi connectivity index (χ2n) is 6.37. The van der Waals surface area contributed by atoms with Crippen LogP contribution in [0.1, 0.15) is 30.4 Å². The van der Waals surface area contributed by atoms with Crippen molar-refractivity contribution in [3.63, 3.8) is 0 Å². The van der Waals surface area contributed by atoms with E-state index in [1.807, 2.05) is 12.1 Å². The van der Waals surface area contributed by atoms with Crippen LogP contribution in [0.3, 0.4) is 0 Å². The van der Waals surface area contributed by atoms with E-state index >= 15 is 0 Å². The standard InChI is InChI=1S/C18H24N2O/c21-13-1-2-16-3-5-17(6-4-16)14-20-12-9-18(15-20)7-10-19-11-8-18/h3-6,19,21H,7-15H2. The molecule has 2 heterocycles. The number of hydrogen-bond donors (Lipinski definition) is 2. The fourth-order valence-corrected chi connectivity index (χ4v) is 3.62. The maximum absolute atomic E-state index is 8.71. The van der Waals surface area contributed by atoms with Crippen LogP contribution < -0.4 is 5.32 Å². The summed E-state index contributed by atoms with van der Waals surface area (Å²) in [5.41, 5.74) is 2.91. The number of hydrogen-bond acceptors (Lipinski definition) is 3. The number of aliphatic hydroxyl groups is 1. The lowest BCUT2D eigenvalue weighted by Gasteiger charge is -2.33. The summed E-state index contributed by atoms with van der Waals surface area (Å²) in [6.45, 7) is 5.82. The Morgan fingerprint density at radius 2 is 1.90 bits per heavy atom. The molecule has 0 aromatic heterocycles. The van der Waals surface area contributed by atoms with Crippen molar-refractivity contribution < 1.29 is 5.11 Å². The quantitative estimate of drug-likeness (QED) is 0.810. The highest BCUT2D eigenvalue weighted by Gasteiger charge is 2.38. The average Bonchev–Trinajstić information content (AvgIpc) is 2.89. The maximum Gasteiger partial charge on any atom is 0.104 e. The Morgan fingerprint density at radius 3 is 2.62 bits per heavy atom. The number of benzene rings is 1. The number of nitrogens with one attached hydrogen (secondary N) is 1. The maximum atomic E-state index is 8.71. The summed E-state index contributed by atoms with van der Waals surface area (Å²) in [7, 11) is 0. The number of aliphatic hydroxyl groups excluding tert-OH is 1. The summed E-state index contributed by atoms with van der Waals surface area (Å²) >= 11 is 0. The van der Waals surface area contributed by atoms with Gasteiger partial charge in [-0.3, -0.25) is 4.90 Å².